The molecular formula is C16H9ClO4. The van der Waals surface area contributed by atoms with Gasteiger partial charge in [0.25, 0.3) is 0 Å². The van der Waals surface area contributed by atoms with Gasteiger partial charge in [-0.15, -0.1) is 0 Å². The average Bonchev–Trinajstić information content (AvgIpc) is 2.97. The van der Waals surface area contributed by atoms with E-state index < -0.39 is 0 Å². The summed E-state index contributed by atoms with van der Waals surface area (Å²) in [6.45, 7) is 0.136. The van der Waals surface area contributed by atoms with Gasteiger partial charge in [-0.05, 0) is 29.8 Å². The van der Waals surface area contributed by atoms with Crippen LogP contribution in [0.1, 0.15) is 0 Å². The SMILES string of the molecule is O=c1c(-c2ccc(Cl)cc2)coc2c3c(ccc12)OCO3. The van der Waals surface area contributed by atoms with Crippen molar-refractivity contribution in [2.24, 2.45) is 0 Å². The van der Waals surface area contributed by atoms with Crippen LogP contribution in [0.5, 0.6) is 11.5 Å². The van der Waals surface area contributed by atoms with E-state index in [0.29, 0.717) is 33.1 Å². The monoisotopic (exact) mass is 300 g/mol. The molecule has 104 valence electrons. The number of halogens is 1. The van der Waals surface area contributed by atoms with Gasteiger partial charge in [0.2, 0.25) is 18.0 Å². The molecule has 1 aliphatic heterocycles. The largest absolute Gasteiger partial charge is 0.459 e. The second-order valence-corrected chi connectivity index (χ2v) is 5.10. The first kappa shape index (κ1) is 12.3. The molecule has 0 spiro atoms. The highest BCUT2D eigenvalue weighted by Gasteiger charge is 2.21. The smallest absolute Gasteiger partial charge is 0.231 e. The normalized spacial score (nSPS) is 12.8. The molecule has 21 heavy (non-hydrogen) atoms. The third-order valence-corrected chi connectivity index (χ3v) is 3.68. The molecule has 0 aliphatic carbocycles. The molecule has 0 saturated carbocycles. The van der Waals surface area contributed by atoms with Crippen molar-refractivity contribution in [3.05, 3.63) is 57.9 Å². The Morgan fingerprint density at radius 1 is 1.00 bits per heavy atom. The number of ether oxygens (including phenoxy) is 2. The van der Waals surface area contributed by atoms with E-state index in [2.05, 4.69) is 0 Å². The van der Waals surface area contributed by atoms with E-state index in [9.17, 15) is 4.79 Å². The van der Waals surface area contributed by atoms with Gasteiger partial charge in [0.15, 0.2) is 11.3 Å². The lowest BCUT2D eigenvalue weighted by atomic mass is 10.1. The molecule has 2 heterocycles. The maximum absolute atomic E-state index is 12.6. The summed E-state index contributed by atoms with van der Waals surface area (Å²) in [5.74, 6) is 1.07. The molecule has 0 bridgehead atoms. The Kier molecular flexibility index (Phi) is 2.65. The Hall–Kier alpha value is -2.46. The summed E-state index contributed by atoms with van der Waals surface area (Å²) in [6, 6.07) is 10.4. The van der Waals surface area contributed by atoms with Crippen LogP contribution in [0.2, 0.25) is 5.02 Å². The zero-order chi connectivity index (χ0) is 14.4. The van der Waals surface area contributed by atoms with E-state index in [-0.39, 0.29) is 12.2 Å². The van der Waals surface area contributed by atoms with Crippen LogP contribution in [0.4, 0.5) is 0 Å². The van der Waals surface area contributed by atoms with Gasteiger partial charge in [0.1, 0.15) is 6.26 Å². The van der Waals surface area contributed by atoms with Crippen molar-refractivity contribution >= 4 is 22.6 Å². The summed E-state index contributed by atoms with van der Waals surface area (Å²) >= 11 is 5.87. The lowest BCUT2D eigenvalue weighted by Crippen LogP contribution is -2.04. The van der Waals surface area contributed by atoms with Crippen molar-refractivity contribution in [2.45, 2.75) is 0 Å². The summed E-state index contributed by atoms with van der Waals surface area (Å²) in [5.41, 5.74) is 1.54. The zero-order valence-corrected chi connectivity index (χ0v) is 11.5. The van der Waals surface area contributed by atoms with E-state index in [0.717, 1.165) is 5.56 Å². The standard InChI is InChI=1S/C16H9ClO4/c17-10-3-1-9(2-4-10)12-7-19-15-11(14(12)18)5-6-13-16(15)21-8-20-13/h1-7H,8H2. The number of benzene rings is 2. The van der Waals surface area contributed by atoms with Gasteiger partial charge in [-0.1, -0.05) is 23.7 Å². The van der Waals surface area contributed by atoms with Crippen LogP contribution in [0.3, 0.4) is 0 Å². The van der Waals surface area contributed by atoms with Crippen molar-refractivity contribution in [1.29, 1.82) is 0 Å². The third kappa shape index (κ3) is 1.87. The highest BCUT2D eigenvalue weighted by atomic mass is 35.5. The maximum Gasteiger partial charge on any atom is 0.231 e. The van der Waals surface area contributed by atoms with E-state index in [4.69, 9.17) is 25.5 Å². The van der Waals surface area contributed by atoms with Crippen LogP contribution in [-0.2, 0) is 0 Å². The Bertz CT molecular complexity index is 897. The first-order chi connectivity index (χ1) is 10.2. The fraction of sp³-hybridized carbons (Fsp3) is 0.0625. The molecule has 0 saturated heterocycles. The van der Waals surface area contributed by atoms with E-state index in [1.165, 1.54) is 6.26 Å². The second kappa shape index (κ2) is 4.53. The summed E-state index contributed by atoms with van der Waals surface area (Å²) < 4.78 is 16.2. The average molecular weight is 301 g/mol. The highest BCUT2D eigenvalue weighted by Crippen LogP contribution is 2.38. The zero-order valence-electron chi connectivity index (χ0n) is 10.8. The quantitative estimate of drug-likeness (QED) is 0.685. The fourth-order valence-electron chi connectivity index (χ4n) is 2.39. The summed E-state index contributed by atoms with van der Waals surface area (Å²) in [6.07, 6.45) is 1.44. The van der Waals surface area contributed by atoms with Crippen molar-refractivity contribution in [1.82, 2.24) is 0 Å². The highest BCUT2D eigenvalue weighted by molar-refractivity contribution is 6.30. The molecule has 0 N–H and O–H groups in total. The van der Waals surface area contributed by atoms with E-state index >= 15 is 0 Å². The predicted molar refractivity (Wildman–Crippen MR) is 79.1 cm³/mol. The fourth-order valence-corrected chi connectivity index (χ4v) is 2.51. The Balaban J connectivity index is 1.97. The molecule has 0 radical (unpaired) electrons. The van der Waals surface area contributed by atoms with Crippen LogP contribution in [0.25, 0.3) is 22.1 Å². The van der Waals surface area contributed by atoms with Gasteiger partial charge in [0.05, 0.1) is 10.9 Å². The topological polar surface area (TPSA) is 48.7 Å². The van der Waals surface area contributed by atoms with E-state index in [1.54, 1.807) is 36.4 Å². The van der Waals surface area contributed by atoms with Crippen molar-refractivity contribution < 1.29 is 13.9 Å². The molecular weight excluding hydrogens is 292 g/mol. The Morgan fingerprint density at radius 2 is 1.81 bits per heavy atom. The van der Waals surface area contributed by atoms with Crippen molar-refractivity contribution in [2.75, 3.05) is 6.79 Å². The van der Waals surface area contributed by atoms with Gasteiger partial charge in [0, 0.05) is 5.02 Å². The number of hydrogen-bond acceptors (Lipinski definition) is 4. The molecule has 3 aromatic rings. The third-order valence-electron chi connectivity index (χ3n) is 3.43. The minimum Gasteiger partial charge on any atom is -0.459 e. The van der Waals surface area contributed by atoms with Crippen LogP contribution < -0.4 is 14.9 Å². The number of hydrogen-bond donors (Lipinski definition) is 0. The molecule has 4 nitrogen and oxygen atoms in total. The Morgan fingerprint density at radius 3 is 2.62 bits per heavy atom. The first-order valence-corrected chi connectivity index (χ1v) is 6.72. The molecule has 4 rings (SSSR count). The maximum atomic E-state index is 12.6. The molecule has 0 amide bonds. The summed E-state index contributed by atoms with van der Waals surface area (Å²) in [5, 5.41) is 1.08. The Labute approximate surface area is 124 Å². The lowest BCUT2D eigenvalue weighted by Gasteiger charge is -2.04. The number of fused-ring (bicyclic) bond motifs is 3. The van der Waals surface area contributed by atoms with E-state index in [1.807, 2.05) is 0 Å². The minimum atomic E-state index is -0.114. The summed E-state index contributed by atoms with van der Waals surface area (Å²) in [4.78, 5) is 12.6. The number of rotatable bonds is 1. The van der Waals surface area contributed by atoms with Crippen LogP contribution >= 0.6 is 11.6 Å². The second-order valence-electron chi connectivity index (χ2n) is 4.66. The first-order valence-electron chi connectivity index (χ1n) is 6.34. The van der Waals surface area contributed by atoms with Crippen molar-refractivity contribution in [3.63, 3.8) is 0 Å². The predicted octanol–water partition coefficient (Wildman–Crippen LogP) is 3.84. The van der Waals surface area contributed by atoms with Gasteiger partial charge in [-0.25, -0.2) is 0 Å². The van der Waals surface area contributed by atoms with Crippen LogP contribution in [0.15, 0.2) is 51.9 Å². The minimum absolute atomic E-state index is 0.114. The molecule has 5 heteroatoms. The molecule has 2 aromatic carbocycles. The molecule has 1 aromatic heterocycles. The molecule has 1 aliphatic rings. The summed E-state index contributed by atoms with van der Waals surface area (Å²) in [7, 11) is 0. The van der Waals surface area contributed by atoms with Gasteiger partial charge >= 0.3 is 0 Å². The van der Waals surface area contributed by atoms with Crippen molar-refractivity contribution in [3.8, 4) is 22.6 Å². The van der Waals surface area contributed by atoms with Gasteiger partial charge in [-0.3, -0.25) is 4.79 Å². The van der Waals surface area contributed by atoms with Gasteiger partial charge in [-0.2, -0.15) is 0 Å². The molecule has 0 atom stereocenters. The van der Waals surface area contributed by atoms with Gasteiger partial charge < -0.3 is 13.9 Å². The molecule has 0 unspecified atom stereocenters. The lowest BCUT2D eigenvalue weighted by molar-refractivity contribution is 0.174. The van der Waals surface area contributed by atoms with Crippen LogP contribution in [-0.4, -0.2) is 6.79 Å². The molecule has 0 fully saturated rings. The van der Waals surface area contributed by atoms with Crippen LogP contribution in [0, 0.1) is 0 Å².